The van der Waals surface area contributed by atoms with Crippen LogP contribution >= 0.6 is 0 Å². The lowest BCUT2D eigenvalue weighted by molar-refractivity contribution is 0.601. The molecule has 0 bridgehead atoms. The number of sulfonamides is 1. The first kappa shape index (κ1) is 14.0. The van der Waals surface area contributed by atoms with E-state index in [2.05, 4.69) is 14.8 Å². The van der Waals surface area contributed by atoms with Crippen LogP contribution in [0.15, 0.2) is 53.6 Å². The van der Waals surface area contributed by atoms with E-state index in [1.54, 1.807) is 36.5 Å². The summed E-state index contributed by atoms with van der Waals surface area (Å²) in [5.41, 5.74) is 1.30. The highest BCUT2D eigenvalue weighted by atomic mass is 32.2. The zero-order valence-electron chi connectivity index (χ0n) is 11.3. The van der Waals surface area contributed by atoms with Gasteiger partial charge in [-0.05, 0) is 29.8 Å². The molecule has 0 saturated carbocycles. The van der Waals surface area contributed by atoms with Crippen LogP contribution in [-0.2, 0) is 16.4 Å². The molecule has 2 aromatic heterocycles. The first-order valence-electron chi connectivity index (χ1n) is 6.38. The predicted molar refractivity (Wildman–Crippen MR) is 79.6 cm³/mol. The van der Waals surface area contributed by atoms with Gasteiger partial charge in [0.2, 0.25) is 0 Å². The zero-order chi connectivity index (χ0) is 15.6. The summed E-state index contributed by atoms with van der Waals surface area (Å²) in [6, 6.07) is 13.4. The molecule has 110 valence electrons. The Morgan fingerprint density at radius 1 is 1.18 bits per heavy atom. The Labute approximate surface area is 126 Å². The lowest BCUT2D eigenvalue weighted by atomic mass is 10.2. The standard InChI is InChI=1S/C14H11N5O2S/c15-9-8-11-4-6-12(7-5-11)22(20,21)18-14-16-13-3-1-2-10-19(13)17-14/h1-7,10H,8H2,(H,17,18). The molecule has 0 aliphatic rings. The van der Waals surface area contributed by atoms with Crippen molar-refractivity contribution in [1.29, 1.82) is 5.26 Å². The maximum Gasteiger partial charge on any atom is 0.264 e. The number of aromatic nitrogens is 3. The van der Waals surface area contributed by atoms with Crippen LogP contribution < -0.4 is 4.72 Å². The van der Waals surface area contributed by atoms with Gasteiger partial charge in [-0.25, -0.2) is 17.7 Å². The van der Waals surface area contributed by atoms with Gasteiger partial charge in [-0.3, -0.25) is 0 Å². The summed E-state index contributed by atoms with van der Waals surface area (Å²) < 4.78 is 28.4. The zero-order valence-corrected chi connectivity index (χ0v) is 12.2. The monoisotopic (exact) mass is 313 g/mol. The first-order chi connectivity index (χ1) is 10.6. The van der Waals surface area contributed by atoms with Crippen LogP contribution in [0.1, 0.15) is 5.56 Å². The molecule has 3 aromatic rings. The molecule has 1 N–H and O–H groups in total. The summed E-state index contributed by atoms with van der Waals surface area (Å²) in [6.07, 6.45) is 1.92. The van der Waals surface area contributed by atoms with E-state index in [0.29, 0.717) is 5.65 Å². The largest absolute Gasteiger partial charge is 0.264 e. The fourth-order valence-corrected chi connectivity index (χ4v) is 2.87. The molecule has 22 heavy (non-hydrogen) atoms. The van der Waals surface area contributed by atoms with Crippen LogP contribution in [0.4, 0.5) is 5.95 Å². The molecular formula is C14H11N5O2S. The number of hydrogen-bond acceptors (Lipinski definition) is 5. The van der Waals surface area contributed by atoms with Crippen LogP contribution in [0.2, 0.25) is 0 Å². The maximum atomic E-state index is 12.3. The number of nitrogens with zero attached hydrogens (tertiary/aromatic N) is 4. The number of nitrogens with one attached hydrogen (secondary N) is 1. The first-order valence-corrected chi connectivity index (χ1v) is 7.87. The molecule has 0 spiro atoms. The Bertz CT molecular complexity index is 922. The summed E-state index contributed by atoms with van der Waals surface area (Å²) in [5, 5.41) is 12.7. The summed E-state index contributed by atoms with van der Waals surface area (Å²) in [6.45, 7) is 0. The minimum atomic E-state index is -3.76. The molecule has 0 aliphatic heterocycles. The fourth-order valence-electron chi connectivity index (χ4n) is 1.93. The molecular weight excluding hydrogens is 302 g/mol. The van der Waals surface area contributed by atoms with E-state index in [1.807, 2.05) is 6.07 Å². The minimum absolute atomic E-state index is 0.00676. The van der Waals surface area contributed by atoms with Crippen molar-refractivity contribution in [2.45, 2.75) is 11.3 Å². The highest BCUT2D eigenvalue weighted by molar-refractivity contribution is 7.92. The molecule has 0 radical (unpaired) electrons. The van der Waals surface area contributed by atoms with E-state index in [4.69, 9.17) is 5.26 Å². The van der Waals surface area contributed by atoms with Gasteiger partial charge in [0.15, 0.2) is 5.65 Å². The Morgan fingerprint density at radius 3 is 2.64 bits per heavy atom. The fraction of sp³-hybridized carbons (Fsp3) is 0.0714. The van der Waals surface area contributed by atoms with Crippen LogP contribution in [0.5, 0.6) is 0 Å². The number of benzene rings is 1. The van der Waals surface area contributed by atoms with Crippen LogP contribution in [0, 0.1) is 11.3 Å². The average Bonchev–Trinajstić information content (AvgIpc) is 2.89. The second-order valence-electron chi connectivity index (χ2n) is 4.52. The smallest absolute Gasteiger partial charge is 0.246 e. The second-order valence-corrected chi connectivity index (χ2v) is 6.21. The third-order valence-corrected chi connectivity index (χ3v) is 4.33. The van der Waals surface area contributed by atoms with Gasteiger partial charge in [0.1, 0.15) is 0 Å². The number of nitriles is 1. The highest BCUT2D eigenvalue weighted by Gasteiger charge is 2.16. The van der Waals surface area contributed by atoms with Gasteiger partial charge in [-0.15, -0.1) is 5.10 Å². The van der Waals surface area contributed by atoms with Gasteiger partial charge in [-0.1, -0.05) is 18.2 Å². The van der Waals surface area contributed by atoms with E-state index < -0.39 is 10.0 Å². The molecule has 0 saturated heterocycles. The molecule has 1 aromatic carbocycles. The lowest BCUT2D eigenvalue weighted by Crippen LogP contribution is -2.14. The highest BCUT2D eigenvalue weighted by Crippen LogP contribution is 2.15. The Balaban J connectivity index is 1.88. The van der Waals surface area contributed by atoms with Crippen molar-refractivity contribution in [2.75, 3.05) is 4.72 Å². The van der Waals surface area contributed by atoms with Gasteiger partial charge < -0.3 is 0 Å². The summed E-state index contributed by atoms with van der Waals surface area (Å²) in [5.74, 6) is 0.00676. The van der Waals surface area contributed by atoms with Gasteiger partial charge in [0.05, 0.1) is 17.4 Å². The van der Waals surface area contributed by atoms with E-state index in [-0.39, 0.29) is 17.3 Å². The maximum absolute atomic E-state index is 12.3. The van der Waals surface area contributed by atoms with Gasteiger partial charge in [0, 0.05) is 6.20 Å². The van der Waals surface area contributed by atoms with E-state index in [0.717, 1.165) is 5.56 Å². The van der Waals surface area contributed by atoms with Crippen molar-refractivity contribution in [3.8, 4) is 6.07 Å². The van der Waals surface area contributed by atoms with Crippen molar-refractivity contribution in [3.63, 3.8) is 0 Å². The molecule has 0 amide bonds. The topological polar surface area (TPSA) is 100 Å². The van der Waals surface area contributed by atoms with Gasteiger partial charge >= 0.3 is 0 Å². The van der Waals surface area contributed by atoms with E-state index in [1.165, 1.54) is 16.6 Å². The van der Waals surface area contributed by atoms with Crippen molar-refractivity contribution in [2.24, 2.45) is 0 Å². The predicted octanol–water partition coefficient (Wildman–Crippen LogP) is 1.60. The van der Waals surface area contributed by atoms with Gasteiger partial charge in [-0.2, -0.15) is 10.2 Å². The lowest BCUT2D eigenvalue weighted by Gasteiger charge is -2.04. The Kier molecular flexibility index (Phi) is 3.48. The molecule has 2 heterocycles. The van der Waals surface area contributed by atoms with Crippen LogP contribution in [-0.4, -0.2) is 23.0 Å². The molecule has 0 aliphatic carbocycles. The number of fused-ring (bicyclic) bond motifs is 1. The number of pyridine rings is 1. The van der Waals surface area contributed by atoms with Crippen molar-refractivity contribution in [1.82, 2.24) is 14.6 Å². The summed E-state index contributed by atoms with van der Waals surface area (Å²) in [4.78, 5) is 4.18. The Hall–Kier alpha value is -2.92. The normalized spacial score (nSPS) is 11.2. The minimum Gasteiger partial charge on any atom is -0.246 e. The molecule has 3 rings (SSSR count). The molecule has 8 heteroatoms. The van der Waals surface area contributed by atoms with Crippen molar-refractivity contribution < 1.29 is 8.42 Å². The third-order valence-electron chi connectivity index (χ3n) is 2.98. The molecule has 0 atom stereocenters. The molecule has 7 nitrogen and oxygen atoms in total. The SMILES string of the molecule is N#CCc1ccc(S(=O)(=O)Nc2nc3ccccn3n2)cc1. The molecule has 0 fully saturated rings. The summed E-state index contributed by atoms with van der Waals surface area (Å²) in [7, 11) is -3.76. The van der Waals surface area contributed by atoms with E-state index in [9.17, 15) is 8.42 Å². The average molecular weight is 313 g/mol. The van der Waals surface area contributed by atoms with E-state index >= 15 is 0 Å². The van der Waals surface area contributed by atoms with Crippen molar-refractivity contribution >= 4 is 21.6 Å². The number of hydrogen-bond donors (Lipinski definition) is 1. The number of rotatable bonds is 4. The third kappa shape index (κ3) is 2.75. The van der Waals surface area contributed by atoms with Crippen molar-refractivity contribution in [3.05, 3.63) is 54.2 Å². The molecule has 0 unspecified atom stereocenters. The van der Waals surface area contributed by atoms with Crippen LogP contribution in [0.25, 0.3) is 5.65 Å². The summed E-state index contributed by atoms with van der Waals surface area (Å²) >= 11 is 0. The second kappa shape index (κ2) is 5.46. The van der Waals surface area contributed by atoms with Crippen LogP contribution in [0.3, 0.4) is 0 Å². The Morgan fingerprint density at radius 2 is 1.95 bits per heavy atom. The quantitative estimate of drug-likeness (QED) is 0.788. The van der Waals surface area contributed by atoms with Gasteiger partial charge in [0.25, 0.3) is 16.0 Å². The number of anilines is 1.